The zero-order chi connectivity index (χ0) is 33.9. The number of unbranched alkanes of at least 4 members (excludes halogenated alkanes) is 3. The molecule has 0 amide bonds. The molecule has 0 aliphatic carbocycles. The fourth-order valence-electron chi connectivity index (χ4n) is 7.56. The van der Waals surface area contributed by atoms with Gasteiger partial charge in [0.2, 0.25) is 0 Å². The number of fused-ring (bicyclic) bond motifs is 6. The van der Waals surface area contributed by atoms with Gasteiger partial charge in [0.1, 0.15) is 0 Å². The van der Waals surface area contributed by atoms with Crippen molar-refractivity contribution >= 4 is 43.6 Å². The third-order valence-corrected chi connectivity index (χ3v) is 10.0. The Morgan fingerprint density at radius 3 is 1.30 bits per heavy atom. The van der Waals surface area contributed by atoms with E-state index in [1.807, 2.05) is 0 Å². The number of hydrogen-bond donors (Lipinski definition) is 2. The minimum absolute atomic E-state index is 0.763. The molecule has 4 heterocycles. The van der Waals surface area contributed by atoms with Crippen LogP contribution >= 0.6 is 0 Å². The average Bonchev–Trinajstić information content (AvgIpc) is 3.62. The van der Waals surface area contributed by atoms with Crippen LogP contribution in [-0.4, -0.2) is 32.2 Å². The first-order valence-electron chi connectivity index (χ1n) is 17.9. The molecule has 0 radical (unpaired) electrons. The Morgan fingerprint density at radius 1 is 0.460 bits per heavy atom. The largest absolute Gasteiger partial charge is 0.342 e. The lowest BCUT2D eigenvalue weighted by atomic mass is 10.1. The quantitative estimate of drug-likeness (QED) is 0.121. The van der Waals surface area contributed by atoms with Gasteiger partial charge in [-0.15, -0.1) is 0 Å². The monoisotopic (exact) mass is 656 g/mol. The van der Waals surface area contributed by atoms with Crippen LogP contribution in [0.4, 0.5) is 0 Å². The second kappa shape index (κ2) is 14.3. The number of benzene rings is 4. The van der Waals surface area contributed by atoms with E-state index in [2.05, 4.69) is 155 Å². The molecule has 0 atom stereocenters. The van der Waals surface area contributed by atoms with Crippen LogP contribution in [0.1, 0.15) is 37.1 Å². The smallest absolute Gasteiger partial charge is 0.0949 e. The summed E-state index contributed by atoms with van der Waals surface area (Å²) in [6.45, 7) is 3.50. The van der Waals surface area contributed by atoms with Crippen molar-refractivity contribution in [2.24, 2.45) is 14.1 Å². The number of nitrogens with zero attached hydrogens (tertiary/aromatic N) is 4. The number of para-hydroxylation sites is 2. The van der Waals surface area contributed by atoms with Crippen molar-refractivity contribution in [1.82, 2.24) is 29.7 Å². The molecule has 8 aromatic rings. The summed E-state index contributed by atoms with van der Waals surface area (Å²) in [4.78, 5) is 10.4. The highest BCUT2D eigenvalue weighted by Crippen LogP contribution is 2.36. The number of pyridine rings is 2. The fourth-order valence-corrected chi connectivity index (χ4v) is 7.56. The predicted octanol–water partition coefficient (Wildman–Crippen LogP) is 9.54. The molecular weight excluding hydrogens is 613 g/mol. The van der Waals surface area contributed by atoms with Gasteiger partial charge in [-0.2, -0.15) is 0 Å². The van der Waals surface area contributed by atoms with Crippen LogP contribution in [0.2, 0.25) is 0 Å². The summed E-state index contributed by atoms with van der Waals surface area (Å²) in [6, 6.07) is 43.0. The van der Waals surface area contributed by atoms with Gasteiger partial charge in [0.15, 0.2) is 0 Å². The highest BCUT2D eigenvalue weighted by molar-refractivity contribution is 6.13. The summed E-state index contributed by atoms with van der Waals surface area (Å²) in [5.41, 5.74) is 11.4. The standard InChI is InChI=1S/C44H44N6/c1-49-39-23-13-11-21-35(39)37-27-33(47-41(43(37)49)31-17-7-5-8-18-31)29-45-25-15-3-4-16-26-46-30-34-28-38-36-22-12-14-24-40(36)50(2)44(38)42(48-34)32-19-9-6-10-20-32/h5-14,17-24,27-28,45-46H,3-4,15-16,25-26,29-30H2,1-2H3. The Kier molecular flexibility index (Phi) is 9.12. The molecule has 0 aliphatic heterocycles. The Hall–Kier alpha value is -5.30. The van der Waals surface area contributed by atoms with E-state index in [1.165, 1.54) is 56.5 Å². The first-order chi connectivity index (χ1) is 24.7. The average molecular weight is 657 g/mol. The number of aromatic nitrogens is 4. The normalized spacial score (nSPS) is 11.8. The molecule has 4 aromatic heterocycles. The molecular formula is C44H44N6. The summed E-state index contributed by atoms with van der Waals surface area (Å²) in [5, 5.41) is 12.4. The summed E-state index contributed by atoms with van der Waals surface area (Å²) in [7, 11) is 4.30. The molecule has 6 nitrogen and oxygen atoms in total. The number of nitrogens with one attached hydrogen (secondary N) is 2. The lowest BCUT2D eigenvalue weighted by Crippen LogP contribution is -2.17. The van der Waals surface area contributed by atoms with Crippen molar-refractivity contribution in [2.75, 3.05) is 13.1 Å². The van der Waals surface area contributed by atoms with Gasteiger partial charge in [0.05, 0.1) is 33.8 Å². The van der Waals surface area contributed by atoms with Gasteiger partial charge in [-0.05, 0) is 50.2 Å². The Morgan fingerprint density at radius 2 is 0.860 bits per heavy atom. The molecule has 0 bridgehead atoms. The first kappa shape index (κ1) is 31.9. The van der Waals surface area contributed by atoms with Gasteiger partial charge in [0, 0.05) is 70.9 Å². The molecule has 0 unspecified atom stereocenters. The van der Waals surface area contributed by atoms with Crippen molar-refractivity contribution in [1.29, 1.82) is 0 Å². The van der Waals surface area contributed by atoms with Gasteiger partial charge < -0.3 is 19.8 Å². The van der Waals surface area contributed by atoms with Gasteiger partial charge in [0.25, 0.3) is 0 Å². The Labute approximate surface area is 293 Å². The Bertz CT molecular complexity index is 2230. The number of aryl methyl sites for hydroxylation is 2. The van der Waals surface area contributed by atoms with E-state index in [4.69, 9.17) is 9.97 Å². The predicted molar refractivity (Wildman–Crippen MR) is 209 cm³/mol. The molecule has 4 aromatic carbocycles. The molecule has 0 aliphatic rings. The van der Waals surface area contributed by atoms with Crippen molar-refractivity contribution < 1.29 is 0 Å². The van der Waals surface area contributed by atoms with E-state index in [1.54, 1.807) is 0 Å². The molecule has 0 saturated carbocycles. The maximum absolute atomic E-state index is 5.18. The van der Waals surface area contributed by atoms with Crippen LogP contribution in [-0.2, 0) is 27.2 Å². The van der Waals surface area contributed by atoms with Crippen molar-refractivity contribution in [3.63, 3.8) is 0 Å². The van der Waals surface area contributed by atoms with Crippen LogP contribution in [0.5, 0.6) is 0 Å². The third-order valence-electron chi connectivity index (χ3n) is 10.0. The SMILES string of the molecule is Cn1c2ccccc2c2cc(CNCCCCCCNCc3cc4c5ccccc5n(C)c4c(-c4ccccc4)n3)nc(-c3ccccc3)c21. The van der Waals surface area contributed by atoms with Gasteiger partial charge >= 0.3 is 0 Å². The first-order valence-corrected chi connectivity index (χ1v) is 17.9. The summed E-state index contributed by atoms with van der Waals surface area (Å²) >= 11 is 0. The molecule has 0 saturated heterocycles. The lowest BCUT2D eigenvalue weighted by Gasteiger charge is -2.11. The third kappa shape index (κ3) is 6.17. The minimum atomic E-state index is 0.763. The summed E-state index contributed by atoms with van der Waals surface area (Å²) in [6.07, 6.45) is 4.72. The molecule has 250 valence electrons. The van der Waals surface area contributed by atoms with Crippen LogP contribution in [0.25, 0.3) is 66.1 Å². The minimum Gasteiger partial charge on any atom is -0.342 e. The van der Waals surface area contributed by atoms with Crippen molar-refractivity contribution in [3.8, 4) is 22.5 Å². The second-order valence-electron chi connectivity index (χ2n) is 13.4. The molecule has 50 heavy (non-hydrogen) atoms. The molecule has 6 heteroatoms. The van der Waals surface area contributed by atoms with Crippen molar-refractivity contribution in [3.05, 3.63) is 133 Å². The van der Waals surface area contributed by atoms with E-state index < -0.39 is 0 Å². The van der Waals surface area contributed by atoms with Crippen LogP contribution in [0.15, 0.2) is 121 Å². The van der Waals surface area contributed by atoms with Crippen LogP contribution in [0, 0.1) is 0 Å². The second-order valence-corrected chi connectivity index (χ2v) is 13.4. The molecule has 8 rings (SSSR count). The van der Waals surface area contributed by atoms with Crippen molar-refractivity contribution in [2.45, 2.75) is 38.8 Å². The zero-order valence-corrected chi connectivity index (χ0v) is 29.0. The summed E-state index contributed by atoms with van der Waals surface area (Å²) < 4.78 is 4.57. The molecule has 0 spiro atoms. The molecule has 0 fully saturated rings. The number of hydrogen-bond acceptors (Lipinski definition) is 4. The Balaban J connectivity index is 0.851. The van der Waals surface area contributed by atoms with E-state index in [0.717, 1.165) is 72.9 Å². The van der Waals surface area contributed by atoms with E-state index in [-0.39, 0.29) is 0 Å². The van der Waals surface area contributed by atoms with Crippen LogP contribution < -0.4 is 10.6 Å². The topological polar surface area (TPSA) is 59.7 Å². The van der Waals surface area contributed by atoms with E-state index in [9.17, 15) is 0 Å². The van der Waals surface area contributed by atoms with E-state index in [0.29, 0.717) is 0 Å². The summed E-state index contributed by atoms with van der Waals surface area (Å²) in [5.74, 6) is 0. The van der Waals surface area contributed by atoms with Crippen LogP contribution in [0.3, 0.4) is 0 Å². The van der Waals surface area contributed by atoms with E-state index >= 15 is 0 Å². The highest BCUT2D eigenvalue weighted by Gasteiger charge is 2.17. The van der Waals surface area contributed by atoms with Gasteiger partial charge in [-0.3, -0.25) is 0 Å². The molecule has 2 N–H and O–H groups in total. The highest BCUT2D eigenvalue weighted by atomic mass is 15.0. The van der Waals surface area contributed by atoms with Gasteiger partial charge in [-0.25, -0.2) is 9.97 Å². The maximum atomic E-state index is 5.18. The lowest BCUT2D eigenvalue weighted by molar-refractivity contribution is 0.559. The maximum Gasteiger partial charge on any atom is 0.0949 e. The number of rotatable bonds is 13. The fraction of sp³-hybridized carbons (Fsp3) is 0.227. The van der Waals surface area contributed by atoms with Gasteiger partial charge in [-0.1, -0.05) is 110 Å². The zero-order valence-electron chi connectivity index (χ0n) is 29.0.